The Kier molecular flexibility index (Phi) is 4.68. The summed E-state index contributed by atoms with van der Waals surface area (Å²) < 4.78 is 13.4. The lowest BCUT2D eigenvalue weighted by molar-refractivity contribution is 0.0735. The minimum Gasteiger partial charge on any atom is -0.490 e. The maximum Gasteiger partial charge on any atom is 0.254 e. The number of carbonyl (C=O) groups is 1. The van der Waals surface area contributed by atoms with Gasteiger partial charge in [0.25, 0.3) is 5.91 Å². The smallest absolute Gasteiger partial charge is 0.254 e. The summed E-state index contributed by atoms with van der Waals surface area (Å²) in [6.45, 7) is 2.10. The van der Waals surface area contributed by atoms with Crippen LogP contribution in [-0.2, 0) is 0 Å². The lowest BCUT2D eigenvalue weighted by Crippen LogP contribution is -2.30. The van der Waals surface area contributed by atoms with Gasteiger partial charge in [-0.15, -0.1) is 0 Å². The van der Waals surface area contributed by atoms with Gasteiger partial charge in [0.15, 0.2) is 11.5 Å². The second-order valence-corrected chi connectivity index (χ2v) is 7.41. The number of hydrogen-bond acceptors (Lipinski definition) is 4. The van der Waals surface area contributed by atoms with Gasteiger partial charge in [-0.05, 0) is 60.9 Å². The average Bonchev–Trinajstić information content (AvgIpc) is 3.42. The fourth-order valence-corrected chi connectivity index (χ4v) is 4.09. The molecule has 0 aliphatic carbocycles. The van der Waals surface area contributed by atoms with E-state index in [2.05, 4.69) is 11.2 Å². The summed E-state index contributed by atoms with van der Waals surface area (Å²) in [4.78, 5) is 15.2. The SMILES string of the molecule is O=C(c1ccc(-n2cccn2)cc1)N1CCCC1c1ccc2c(c1)OCCCO2. The lowest BCUT2D eigenvalue weighted by Gasteiger charge is -2.26. The Balaban J connectivity index is 1.38. The fourth-order valence-electron chi connectivity index (χ4n) is 4.09. The second-order valence-electron chi connectivity index (χ2n) is 7.41. The minimum atomic E-state index is 0.0606. The predicted molar refractivity (Wildman–Crippen MR) is 109 cm³/mol. The number of likely N-dealkylation sites (tertiary alicyclic amines) is 1. The molecular formula is C23H23N3O3. The number of nitrogens with zero attached hydrogens (tertiary/aromatic N) is 3. The Morgan fingerprint density at radius 2 is 1.83 bits per heavy atom. The number of benzene rings is 2. The van der Waals surface area contributed by atoms with E-state index >= 15 is 0 Å². The van der Waals surface area contributed by atoms with Gasteiger partial charge in [0, 0.05) is 30.9 Å². The second kappa shape index (κ2) is 7.62. The van der Waals surface area contributed by atoms with Crippen LogP contribution in [0.4, 0.5) is 0 Å². The molecule has 1 atom stereocenters. The maximum absolute atomic E-state index is 13.2. The van der Waals surface area contributed by atoms with Crippen LogP contribution >= 0.6 is 0 Å². The highest BCUT2D eigenvalue weighted by atomic mass is 16.5. The predicted octanol–water partition coefficient (Wildman–Crippen LogP) is 4.01. The van der Waals surface area contributed by atoms with Crippen molar-refractivity contribution in [2.24, 2.45) is 0 Å². The third kappa shape index (κ3) is 3.46. The Bertz CT molecular complexity index is 999. The largest absolute Gasteiger partial charge is 0.490 e. The zero-order valence-electron chi connectivity index (χ0n) is 16.2. The molecule has 0 saturated carbocycles. The zero-order valence-corrected chi connectivity index (χ0v) is 16.2. The number of amides is 1. The van der Waals surface area contributed by atoms with Crippen LogP contribution in [0.25, 0.3) is 5.69 Å². The van der Waals surface area contributed by atoms with Crippen molar-refractivity contribution in [2.75, 3.05) is 19.8 Å². The topological polar surface area (TPSA) is 56.6 Å². The van der Waals surface area contributed by atoms with Crippen molar-refractivity contribution < 1.29 is 14.3 Å². The monoisotopic (exact) mass is 389 g/mol. The van der Waals surface area contributed by atoms with Crippen LogP contribution in [0.3, 0.4) is 0 Å². The molecule has 1 saturated heterocycles. The molecule has 0 spiro atoms. The van der Waals surface area contributed by atoms with Crippen molar-refractivity contribution in [3.63, 3.8) is 0 Å². The number of carbonyl (C=O) groups excluding carboxylic acids is 1. The zero-order chi connectivity index (χ0) is 19.6. The van der Waals surface area contributed by atoms with E-state index in [-0.39, 0.29) is 11.9 Å². The first kappa shape index (κ1) is 17.8. The van der Waals surface area contributed by atoms with E-state index in [0.29, 0.717) is 18.8 Å². The number of aromatic nitrogens is 2. The van der Waals surface area contributed by atoms with E-state index in [9.17, 15) is 4.79 Å². The van der Waals surface area contributed by atoms with Crippen LogP contribution in [0.2, 0.25) is 0 Å². The third-order valence-electron chi connectivity index (χ3n) is 5.55. The third-order valence-corrected chi connectivity index (χ3v) is 5.55. The first-order valence-electron chi connectivity index (χ1n) is 10.1. The van der Waals surface area contributed by atoms with Gasteiger partial charge >= 0.3 is 0 Å². The van der Waals surface area contributed by atoms with Crippen molar-refractivity contribution in [3.8, 4) is 17.2 Å². The molecule has 0 radical (unpaired) electrons. The van der Waals surface area contributed by atoms with Gasteiger partial charge in [-0.3, -0.25) is 4.79 Å². The molecule has 3 heterocycles. The van der Waals surface area contributed by atoms with Gasteiger partial charge in [0.2, 0.25) is 0 Å². The Labute approximate surface area is 169 Å². The van der Waals surface area contributed by atoms with E-state index in [1.807, 2.05) is 53.6 Å². The molecule has 29 heavy (non-hydrogen) atoms. The molecule has 2 aromatic carbocycles. The fraction of sp³-hybridized carbons (Fsp3) is 0.304. The van der Waals surface area contributed by atoms with E-state index in [1.54, 1.807) is 10.9 Å². The molecule has 3 aromatic rings. The molecule has 6 nitrogen and oxygen atoms in total. The molecule has 148 valence electrons. The molecule has 6 heteroatoms. The van der Waals surface area contributed by atoms with Crippen LogP contribution in [0.15, 0.2) is 60.9 Å². The summed E-state index contributed by atoms with van der Waals surface area (Å²) in [5.74, 6) is 1.63. The molecule has 5 rings (SSSR count). The summed E-state index contributed by atoms with van der Waals surface area (Å²) in [5, 5.41) is 4.23. The number of hydrogen-bond donors (Lipinski definition) is 0. The number of ether oxygens (including phenoxy) is 2. The van der Waals surface area contributed by atoms with Crippen molar-refractivity contribution in [2.45, 2.75) is 25.3 Å². The summed E-state index contributed by atoms with van der Waals surface area (Å²) in [6, 6.07) is 15.6. The summed E-state index contributed by atoms with van der Waals surface area (Å²) in [6.07, 6.45) is 6.46. The highest BCUT2D eigenvalue weighted by Crippen LogP contribution is 2.38. The molecule has 2 aliphatic rings. The highest BCUT2D eigenvalue weighted by Gasteiger charge is 2.31. The highest BCUT2D eigenvalue weighted by molar-refractivity contribution is 5.94. The molecule has 1 unspecified atom stereocenters. The van der Waals surface area contributed by atoms with Gasteiger partial charge in [0.1, 0.15) is 0 Å². The van der Waals surface area contributed by atoms with Crippen molar-refractivity contribution in [1.82, 2.24) is 14.7 Å². The molecule has 1 aromatic heterocycles. The first-order valence-corrected chi connectivity index (χ1v) is 10.1. The molecular weight excluding hydrogens is 366 g/mol. The molecule has 0 N–H and O–H groups in total. The van der Waals surface area contributed by atoms with Crippen LogP contribution in [0.5, 0.6) is 11.5 Å². The molecule has 0 bridgehead atoms. The normalized spacial score (nSPS) is 18.5. The Hall–Kier alpha value is -3.28. The van der Waals surface area contributed by atoms with Crippen LogP contribution in [-0.4, -0.2) is 40.3 Å². The number of fused-ring (bicyclic) bond motifs is 1. The van der Waals surface area contributed by atoms with Crippen molar-refractivity contribution >= 4 is 5.91 Å². The van der Waals surface area contributed by atoms with Crippen molar-refractivity contribution in [1.29, 1.82) is 0 Å². The van der Waals surface area contributed by atoms with Crippen molar-refractivity contribution in [3.05, 3.63) is 72.1 Å². The van der Waals surface area contributed by atoms with E-state index in [1.165, 1.54) is 0 Å². The Morgan fingerprint density at radius 3 is 2.62 bits per heavy atom. The Morgan fingerprint density at radius 1 is 1.00 bits per heavy atom. The molecule has 1 amide bonds. The minimum absolute atomic E-state index is 0.0606. The lowest BCUT2D eigenvalue weighted by atomic mass is 10.0. The summed E-state index contributed by atoms with van der Waals surface area (Å²) >= 11 is 0. The number of rotatable bonds is 3. The quantitative estimate of drug-likeness (QED) is 0.679. The average molecular weight is 389 g/mol. The van der Waals surface area contributed by atoms with Gasteiger partial charge in [-0.1, -0.05) is 6.07 Å². The maximum atomic E-state index is 13.2. The molecule has 1 fully saturated rings. The van der Waals surface area contributed by atoms with E-state index in [4.69, 9.17) is 9.47 Å². The van der Waals surface area contributed by atoms with Gasteiger partial charge in [-0.2, -0.15) is 5.10 Å². The summed E-state index contributed by atoms with van der Waals surface area (Å²) in [7, 11) is 0. The van der Waals surface area contributed by atoms with Gasteiger partial charge < -0.3 is 14.4 Å². The van der Waals surface area contributed by atoms with Crippen LogP contribution in [0, 0.1) is 0 Å². The van der Waals surface area contributed by atoms with Crippen LogP contribution < -0.4 is 9.47 Å². The first-order chi connectivity index (χ1) is 14.3. The van der Waals surface area contributed by atoms with Gasteiger partial charge in [-0.25, -0.2) is 4.68 Å². The van der Waals surface area contributed by atoms with Gasteiger partial charge in [0.05, 0.1) is 24.9 Å². The standard InChI is InChI=1S/C23H23N3O3/c27-23(17-5-8-19(9-6-17)26-13-2-11-24-26)25-12-1-4-20(25)18-7-10-21-22(16-18)29-15-3-14-28-21/h2,5-11,13,16,20H,1,3-4,12,14-15H2. The van der Waals surface area contributed by atoms with Crippen LogP contribution in [0.1, 0.15) is 41.2 Å². The van der Waals surface area contributed by atoms with E-state index in [0.717, 1.165) is 48.6 Å². The summed E-state index contributed by atoms with van der Waals surface area (Å²) in [5.41, 5.74) is 2.74. The van der Waals surface area contributed by atoms with E-state index < -0.39 is 0 Å². The molecule has 2 aliphatic heterocycles.